The molecule has 0 radical (unpaired) electrons. The number of hydrogen-bond acceptors (Lipinski definition) is 8. The molecule has 38 heavy (non-hydrogen) atoms. The number of carbonyl (C=O) groups excluding carboxylic acids is 2. The Balaban J connectivity index is 1.11. The highest BCUT2D eigenvalue weighted by Gasteiger charge is 2.70. The van der Waals surface area contributed by atoms with Crippen LogP contribution in [0, 0.1) is 34.5 Å². The van der Waals surface area contributed by atoms with E-state index in [1.807, 2.05) is 6.92 Å². The summed E-state index contributed by atoms with van der Waals surface area (Å²) in [5, 5.41) is 24.0. The summed E-state index contributed by atoms with van der Waals surface area (Å²) in [6.07, 6.45) is 9.21. The number of nitrogens with zero attached hydrogens (tertiary/aromatic N) is 1. The highest BCUT2D eigenvalue weighted by Crippen LogP contribution is 2.70. The number of esters is 1. The second kappa shape index (κ2) is 9.77. The molecular formula is C30H45NO7. The first-order valence-electron chi connectivity index (χ1n) is 15.0. The van der Waals surface area contributed by atoms with Crippen molar-refractivity contribution in [3.05, 3.63) is 11.6 Å². The maximum absolute atomic E-state index is 12.4. The Morgan fingerprint density at radius 3 is 2.63 bits per heavy atom. The number of likely N-dealkylation sites (tertiary alicyclic amines) is 1. The van der Waals surface area contributed by atoms with Gasteiger partial charge in [-0.2, -0.15) is 0 Å². The molecule has 5 fully saturated rings. The van der Waals surface area contributed by atoms with E-state index in [-0.39, 0.29) is 41.8 Å². The quantitative estimate of drug-likeness (QED) is 0.516. The van der Waals surface area contributed by atoms with Crippen molar-refractivity contribution in [3.8, 4) is 0 Å². The van der Waals surface area contributed by atoms with Gasteiger partial charge in [-0.3, -0.25) is 4.90 Å². The standard InChI is InChI=1S/C30H45NO7/c1-28-9-7-21(38-27(34)36-14-13-31-11-3-4-12-31)16-20(28)5-6-23-24(28)17-25(32)29(2)22(8-10-30(23,29)35)19-15-26(33)37-18-19/h15,20-25,32,35H,3-14,16-18H2,1-2H3/t20-,21+,22-,23-,24+,25-,28+,29+,30+/m1/s1. The molecule has 0 aromatic carbocycles. The molecule has 0 aromatic rings. The zero-order valence-corrected chi connectivity index (χ0v) is 23.0. The van der Waals surface area contributed by atoms with Gasteiger partial charge in [-0.15, -0.1) is 0 Å². The maximum Gasteiger partial charge on any atom is 0.508 e. The normalized spacial score (nSPS) is 46.5. The largest absolute Gasteiger partial charge is 0.508 e. The van der Waals surface area contributed by atoms with Gasteiger partial charge in [0, 0.05) is 18.0 Å². The molecule has 0 spiro atoms. The first-order chi connectivity index (χ1) is 18.1. The van der Waals surface area contributed by atoms with E-state index in [0.29, 0.717) is 25.4 Å². The van der Waals surface area contributed by atoms with Crippen molar-refractivity contribution in [3.63, 3.8) is 0 Å². The van der Waals surface area contributed by atoms with Crippen molar-refractivity contribution in [2.45, 2.75) is 95.9 Å². The minimum atomic E-state index is -0.965. The minimum absolute atomic E-state index is 0.00966. The summed E-state index contributed by atoms with van der Waals surface area (Å²) >= 11 is 0. The SMILES string of the molecule is C[C@]12CC[C@H](OC(=O)OCCN3CCCC3)C[C@H]1CC[C@@H]1[C@@H]2C[C@@H](O)[C@]2(C)[C@@H](C3=CC(=O)OC3)CC[C@]12O. The van der Waals surface area contributed by atoms with Crippen LogP contribution in [0.15, 0.2) is 11.6 Å². The fraction of sp³-hybridized carbons (Fsp3) is 0.867. The highest BCUT2D eigenvalue weighted by molar-refractivity contribution is 5.85. The molecule has 6 aliphatic rings. The fourth-order valence-corrected chi connectivity index (χ4v) is 9.89. The van der Waals surface area contributed by atoms with Crippen molar-refractivity contribution < 1.29 is 34.0 Å². The van der Waals surface area contributed by atoms with Crippen LogP contribution in [0.3, 0.4) is 0 Å². The lowest BCUT2D eigenvalue weighted by atomic mass is 9.42. The first-order valence-corrected chi connectivity index (χ1v) is 15.0. The number of hydrogen-bond donors (Lipinski definition) is 2. The number of carbonyl (C=O) groups is 2. The summed E-state index contributed by atoms with van der Waals surface area (Å²) in [5.74, 6) is 0.372. The third-order valence-corrected chi connectivity index (χ3v) is 12.1. The molecule has 9 atom stereocenters. The van der Waals surface area contributed by atoms with Crippen LogP contribution < -0.4 is 0 Å². The Labute approximate surface area is 226 Å². The van der Waals surface area contributed by atoms with Crippen molar-refractivity contribution in [2.75, 3.05) is 32.8 Å². The molecule has 0 aromatic heterocycles. The number of cyclic esters (lactones) is 1. The molecular weight excluding hydrogens is 486 g/mol. The summed E-state index contributed by atoms with van der Waals surface area (Å²) in [6.45, 7) is 7.98. The van der Waals surface area contributed by atoms with E-state index in [1.54, 1.807) is 6.08 Å². The van der Waals surface area contributed by atoms with E-state index >= 15 is 0 Å². The van der Waals surface area contributed by atoms with Crippen LogP contribution in [-0.4, -0.2) is 77.9 Å². The molecule has 2 heterocycles. The summed E-state index contributed by atoms with van der Waals surface area (Å²) in [7, 11) is 0. The predicted molar refractivity (Wildman–Crippen MR) is 139 cm³/mol. The average molecular weight is 532 g/mol. The molecule has 8 heteroatoms. The van der Waals surface area contributed by atoms with Gasteiger partial charge in [-0.1, -0.05) is 13.8 Å². The average Bonchev–Trinajstić information content (AvgIpc) is 3.61. The Morgan fingerprint density at radius 2 is 1.89 bits per heavy atom. The molecule has 8 nitrogen and oxygen atoms in total. The lowest BCUT2D eigenvalue weighted by molar-refractivity contribution is -0.245. The van der Waals surface area contributed by atoms with Gasteiger partial charge < -0.3 is 24.4 Å². The maximum atomic E-state index is 12.4. The summed E-state index contributed by atoms with van der Waals surface area (Å²) in [6, 6.07) is 0. The molecule has 0 unspecified atom stereocenters. The van der Waals surface area contributed by atoms with Gasteiger partial charge in [-0.05, 0) is 112 Å². The minimum Gasteiger partial charge on any atom is -0.458 e. The molecule has 4 aliphatic carbocycles. The van der Waals surface area contributed by atoms with Crippen LogP contribution in [0.1, 0.15) is 78.1 Å². The van der Waals surface area contributed by atoms with Gasteiger partial charge in [0.2, 0.25) is 0 Å². The summed E-state index contributed by atoms with van der Waals surface area (Å²) in [5.41, 5.74) is -0.733. The smallest absolute Gasteiger partial charge is 0.458 e. The topological polar surface area (TPSA) is 106 Å². The number of fused-ring (bicyclic) bond motifs is 5. The van der Waals surface area contributed by atoms with Gasteiger partial charge in [0.15, 0.2) is 0 Å². The van der Waals surface area contributed by atoms with Crippen LogP contribution in [0.4, 0.5) is 4.79 Å². The molecule has 6 rings (SSSR count). The van der Waals surface area contributed by atoms with Crippen molar-refractivity contribution >= 4 is 12.1 Å². The number of ether oxygens (including phenoxy) is 3. The number of rotatable bonds is 5. The molecule has 4 saturated carbocycles. The lowest BCUT2D eigenvalue weighted by Crippen LogP contribution is -2.67. The molecule has 2 N–H and O–H groups in total. The molecule has 212 valence electrons. The second-order valence-electron chi connectivity index (χ2n) is 13.5. The third-order valence-electron chi connectivity index (χ3n) is 12.1. The van der Waals surface area contributed by atoms with E-state index in [1.165, 1.54) is 12.8 Å². The van der Waals surface area contributed by atoms with E-state index in [2.05, 4.69) is 11.8 Å². The van der Waals surface area contributed by atoms with Crippen LogP contribution in [-0.2, 0) is 19.0 Å². The van der Waals surface area contributed by atoms with Crippen LogP contribution in [0.25, 0.3) is 0 Å². The second-order valence-corrected chi connectivity index (χ2v) is 13.5. The van der Waals surface area contributed by atoms with Crippen molar-refractivity contribution in [1.82, 2.24) is 4.90 Å². The Hall–Kier alpha value is -1.64. The van der Waals surface area contributed by atoms with E-state index in [4.69, 9.17) is 14.2 Å². The monoisotopic (exact) mass is 531 g/mol. The van der Waals surface area contributed by atoms with Gasteiger partial charge in [0.25, 0.3) is 0 Å². The van der Waals surface area contributed by atoms with Gasteiger partial charge >= 0.3 is 12.1 Å². The van der Waals surface area contributed by atoms with Crippen LogP contribution >= 0.6 is 0 Å². The van der Waals surface area contributed by atoms with Crippen LogP contribution in [0.5, 0.6) is 0 Å². The van der Waals surface area contributed by atoms with Crippen LogP contribution in [0.2, 0.25) is 0 Å². The molecule has 2 aliphatic heterocycles. The zero-order chi connectivity index (χ0) is 26.7. The highest BCUT2D eigenvalue weighted by atomic mass is 16.7. The van der Waals surface area contributed by atoms with E-state index < -0.39 is 23.3 Å². The molecule has 1 saturated heterocycles. The summed E-state index contributed by atoms with van der Waals surface area (Å²) in [4.78, 5) is 26.5. The van der Waals surface area contributed by atoms with Gasteiger partial charge in [0.05, 0.1) is 11.7 Å². The lowest BCUT2D eigenvalue weighted by Gasteiger charge is -2.65. The summed E-state index contributed by atoms with van der Waals surface area (Å²) < 4.78 is 16.4. The molecule has 0 bridgehead atoms. The van der Waals surface area contributed by atoms with E-state index in [9.17, 15) is 19.8 Å². The van der Waals surface area contributed by atoms with Gasteiger partial charge in [-0.25, -0.2) is 9.59 Å². The third kappa shape index (κ3) is 4.12. The first kappa shape index (κ1) is 26.6. The van der Waals surface area contributed by atoms with Gasteiger partial charge in [0.1, 0.15) is 19.3 Å². The molecule has 0 amide bonds. The number of aliphatic hydroxyl groups excluding tert-OH is 1. The Kier molecular flexibility index (Phi) is 6.83. The fourth-order valence-electron chi connectivity index (χ4n) is 9.89. The Bertz CT molecular complexity index is 978. The van der Waals surface area contributed by atoms with Crippen molar-refractivity contribution in [1.29, 1.82) is 0 Å². The number of aliphatic hydroxyl groups is 2. The van der Waals surface area contributed by atoms with E-state index in [0.717, 1.165) is 63.7 Å². The van der Waals surface area contributed by atoms with Crippen molar-refractivity contribution in [2.24, 2.45) is 34.5 Å². The predicted octanol–water partition coefficient (Wildman–Crippen LogP) is 3.83. The Morgan fingerprint density at radius 1 is 1.11 bits per heavy atom. The zero-order valence-electron chi connectivity index (χ0n) is 23.0.